The van der Waals surface area contributed by atoms with Gasteiger partial charge in [0.25, 0.3) is 0 Å². The second kappa shape index (κ2) is 6.84. The van der Waals surface area contributed by atoms with E-state index < -0.39 is 0 Å². The molecule has 0 aliphatic carbocycles. The monoisotopic (exact) mass is 283 g/mol. The highest BCUT2D eigenvalue weighted by atomic mass is 19.1. The van der Waals surface area contributed by atoms with Gasteiger partial charge in [0.2, 0.25) is 0 Å². The minimum absolute atomic E-state index is 0.165. The van der Waals surface area contributed by atoms with E-state index in [0.29, 0.717) is 11.5 Å². The van der Waals surface area contributed by atoms with Gasteiger partial charge in [-0.05, 0) is 47.9 Å². The molecule has 0 unspecified atom stereocenters. The first-order valence-corrected chi connectivity index (χ1v) is 6.89. The second-order valence-corrected chi connectivity index (χ2v) is 5.13. The van der Waals surface area contributed by atoms with Crippen molar-refractivity contribution in [2.45, 2.75) is 19.8 Å². The molecule has 1 N–H and O–H groups in total. The predicted octanol–water partition coefficient (Wildman–Crippen LogP) is 4.76. The Morgan fingerprint density at radius 2 is 1.67 bits per heavy atom. The molecule has 0 saturated heterocycles. The van der Waals surface area contributed by atoms with Crippen LogP contribution in [0.2, 0.25) is 0 Å². The van der Waals surface area contributed by atoms with E-state index in [1.807, 2.05) is 12.1 Å². The number of hydrogen-bond donors (Lipinski definition) is 1. The molecule has 3 heteroatoms. The minimum atomic E-state index is -0.348. The molecule has 0 radical (unpaired) electrons. The zero-order valence-electron chi connectivity index (χ0n) is 12.1. The number of hydrogen-bond acceptors (Lipinski definition) is 2. The maximum absolute atomic E-state index is 12.8. The van der Waals surface area contributed by atoms with Gasteiger partial charge in [0.1, 0.15) is 5.82 Å². The Bertz CT molecular complexity index is 627. The third-order valence-corrected chi connectivity index (χ3v) is 3.19. The molecule has 2 aromatic carbocycles. The van der Waals surface area contributed by atoms with Gasteiger partial charge in [-0.15, -0.1) is 0 Å². The number of benzene rings is 2. The lowest BCUT2D eigenvalue weighted by molar-refractivity contribution is 0.104. The van der Waals surface area contributed by atoms with Crippen LogP contribution < -0.4 is 5.32 Å². The van der Waals surface area contributed by atoms with Crippen molar-refractivity contribution in [2.24, 2.45) is 0 Å². The predicted molar refractivity (Wildman–Crippen MR) is 84.0 cm³/mol. The van der Waals surface area contributed by atoms with Gasteiger partial charge in [0.15, 0.2) is 5.78 Å². The lowest BCUT2D eigenvalue weighted by Crippen LogP contribution is -1.96. The molecule has 0 aliphatic rings. The van der Waals surface area contributed by atoms with Gasteiger partial charge in [-0.25, -0.2) is 4.39 Å². The van der Waals surface area contributed by atoms with E-state index in [2.05, 4.69) is 31.3 Å². The Morgan fingerprint density at radius 1 is 1.05 bits per heavy atom. The molecule has 2 rings (SSSR count). The summed E-state index contributed by atoms with van der Waals surface area (Å²) in [5, 5.41) is 3.05. The smallest absolute Gasteiger partial charge is 0.187 e. The second-order valence-electron chi connectivity index (χ2n) is 5.13. The number of halogens is 1. The molecule has 0 aromatic heterocycles. The number of carbonyl (C=O) groups is 1. The Hall–Kier alpha value is -2.42. The molecule has 0 spiro atoms. The molecule has 0 amide bonds. The molecule has 0 aliphatic heterocycles. The third-order valence-electron chi connectivity index (χ3n) is 3.19. The highest BCUT2D eigenvalue weighted by molar-refractivity contribution is 6.04. The van der Waals surface area contributed by atoms with Crippen LogP contribution in [0.3, 0.4) is 0 Å². The normalized spacial score (nSPS) is 11.0. The molecule has 108 valence electrons. The summed E-state index contributed by atoms with van der Waals surface area (Å²) in [4.78, 5) is 11.8. The molecule has 0 atom stereocenters. The van der Waals surface area contributed by atoms with Crippen molar-refractivity contribution in [1.29, 1.82) is 0 Å². The molecule has 0 saturated carbocycles. The van der Waals surface area contributed by atoms with Crippen LogP contribution in [0.5, 0.6) is 0 Å². The first kappa shape index (κ1) is 15.0. The number of carbonyl (C=O) groups excluding carboxylic acids is 1. The zero-order chi connectivity index (χ0) is 15.2. The van der Waals surface area contributed by atoms with Crippen molar-refractivity contribution in [2.75, 3.05) is 5.32 Å². The molecular weight excluding hydrogens is 265 g/mol. The summed E-state index contributed by atoms with van der Waals surface area (Å²) < 4.78 is 12.8. The largest absolute Gasteiger partial charge is 0.362 e. The standard InChI is InChI=1S/C18H18FNO/c1-13(2)14-5-9-17(10-6-14)20-12-11-18(21)15-3-7-16(19)8-4-15/h3-13,20H,1-2H3/b12-11+. The van der Waals surface area contributed by atoms with Gasteiger partial charge in [-0.2, -0.15) is 0 Å². The number of anilines is 1. The Balaban J connectivity index is 1.95. The maximum Gasteiger partial charge on any atom is 0.187 e. The highest BCUT2D eigenvalue weighted by Gasteiger charge is 2.01. The van der Waals surface area contributed by atoms with E-state index in [1.165, 1.54) is 35.9 Å². The SMILES string of the molecule is CC(C)c1ccc(N/C=C/C(=O)c2ccc(F)cc2)cc1. The van der Waals surface area contributed by atoms with Gasteiger partial charge in [0, 0.05) is 23.5 Å². The van der Waals surface area contributed by atoms with Crippen LogP contribution in [0, 0.1) is 5.82 Å². The summed E-state index contributed by atoms with van der Waals surface area (Å²) in [6.45, 7) is 4.29. The van der Waals surface area contributed by atoms with Crippen molar-refractivity contribution in [3.63, 3.8) is 0 Å². The topological polar surface area (TPSA) is 29.1 Å². The van der Waals surface area contributed by atoms with Gasteiger partial charge < -0.3 is 5.32 Å². The lowest BCUT2D eigenvalue weighted by atomic mass is 10.0. The fourth-order valence-corrected chi connectivity index (χ4v) is 1.89. The lowest BCUT2D eigenvalue weighted by Gasteiger charge is -2.06. The molecule has 0 bridgehead atoms. The summed E-state index contributed by atoms with van der Waals surface area (Å²) >= 11 is 0. The summed E-state index contributed by atoms with van der Waals surface area (Å²) in [6, 6.07) is 13.6. The average molecular weight is 283 g/mol. The maximum atomic E-state index is 12.8. The van der Waals surface area contributed by atoms with Crippen molar-refractivity contribution in [1.82, 2.24) is 0 Å². The first-order valence-electron chi connectivity index (χ1n) is 6.89. The van der Waals surface area contributed by atoms with Crippen LogP contribution in [-0.2, 0) is 0 Å². The number of allylic oxidation sites excluding steroid dienone is 1. The quantitative estimate of drug-likeness (QED) is 0.633. The van der Waals surface area contributed by atoms with E-state index in [1.54, 1.807) is 6.20 Å². The highest BCUT2D eigenvalue weighted by Crippen LogP contribution is 2.17. The van der Waals surface area contributed by atoms with E-state index in [0.717, 1.165) is 5.69 Å². The average Bonchev–Trinajstić information content (AvgIpc) is 2.48. The molecule has 0 heterocycles. The van der Waals surface area contributed by atoms with Gasteiger partial charge >= 0.3 is 0 Å². The first-order chi connectivity index (χ1) is 10.1. The van der Waals surface area contributed by atoms with E-state index in [-0.39, 0.29) is 11.6 Å². The van der Waals surface area contributed by atoms with Crippen LogP contribution in [0.1, 0.15) is 35.7 Å². The summed E-state index contributed by atoms with van der Waals surface area (Å²) in [5.41, 5.74) is 2.65. The van der Waals surface area contributed by atoms with Crippen LogP contribution in [0.15, 0.2) is 60.8 Å². The number of nitrogens with one attached hydrogen (secondary N) is 1. The van der Waals surface area contributed by atoms with E-state index >= 15 is 0 Å². The van der Waals surface area contributed by atoms with Gasteiger partial charge in [-0.1, -0.05) is 26.0 Å². The Kier molecular flexibility index (Phi) is 4.88. The van der Waals surface area contributed by atoms with Crippen LogP contribution in [0.4, 0.5) is 10.1 Å². The fourth-order valence-electron chi connectivity index (χ4n) is 1.89. The van der Waals surface area contributed by atoms with Crippen LogP contribution in [-0.4, -0.2) is 5.78 Å². The Morgan fingerprint density at radius 3 is 2.24 bits per heavy atom. The summed E-state index contributed by atoms with van der Waals surface area (Å²) in [7, 11) is 0. The summed E-state index contributed by atoms with van der Waals surface area (Å²) in [5.74, 6) is -0.0187. The molecule has 2 aromatic rings. The Labute approximate surface area is 124 Å². The minimum Gasteiger partial charge on any atom is -0.362 e. The molecule has 21 heavy (non-hydrogen) atoms. The van der Waals surface area contributed by atoms with E-state index in [9.17, 15) is 9.18 Å². The summed E-state index contributed by atoms with van der Waals surface area (Å²) in [6.07, 6.45) is 3.03. The van der Waals surface area contributed by atoms with Crippen molar-refractivity contribution in [3.05, 3.63) is 77.8 Å². The van der Waals surface area contributed by atoms with Crippen LogP contribution in [0.25, 0.3) is 0 Å². The third kappa shape index (κ3) is 4.28. The van der Waals surface area contributed by atoms with Crippen molar-refractivity contribution < 1.29 is 9.18 Å². The van der Waals surface area contributed by atoms with E-state index in [4.69, 9.17) is 0 Å². The molecular formula is C18H18FNO. The van der Waals surface area contributed by atoms with Gasteiger partial charge in [0.05, 0.1) is 0 Å². The van der Waals surface area contributed by atoms with Crippen molar-refractivity contribution in [3.8, 4) is 0 Å². The van der Waals surface area contributed by atoms with Gasteiger partial charge in [-0.3, -0.25) is 4.79 Å². The fraction of sp³-hybridized carbons (Fsp3) is 0.167. The zero-order valence-corrected chi connectivity index (χ0v) is 12.1. The van der Waals surface area contributed by atoms with Crippen molar-refractivity contribution >= 4 is 11.5 Å². The number of rotatable bonds is 5. The molecule has 2 nitrogen and oxygen atoms in total. The van der Waals surface area contributed by atoms with Crippen LogP contribution >= 0.6 is 0 Å². The molecule has 0 fully saturated rings. The number of ketones is 1.